The van der Waals surface area contributed by atoms with Crippen LogP contribution < -0.4 is 19.1 Å². The number of ether oxygens (including phenoxy) is 2. The number of nitrogens with zero attached hydrogens (tertiary/aromatic N) is 2. The lowest BCUT2D eigenvalue weighted by molar-refractivity contribution is -0.139. The fourth-order valence-corrected chi connectivity index (χ4v) is 5.06. The number of sulfonamides is 1. The van der Waals surface area contributed by atoms with E-state index < -0.39 is 28.5 Å². The van der Waals surface area contributed by atoms with Crippen LogP contribution in [0.5, 0.6) is 11.5 Å². The molecule has 0 radical (unpaired) electrons. The highest BCUT2D eigenvalue weighted by atomic mass is 79.9. The number of rotatable bonds is 11. The van der Waals surface area contributed by atoms with Gasteiger partial charge in [-0.05, 0) is 57.0 Å². The van der Waals surface area contributed by atoms with Gasteiger partial charge in [-0.1, -0.05) is 35.0 Å². The Kier molecular flexibility index (Phi) is 9.83. The van der Waals surface area contributed by atoms with Crippen molar-refractivity contribution in [1.82, 2.24) is 10.2 Å². The van der Waals surface area contributed by atoms with Crippen molar-refractivity contribution in [2.24, 2.45) is 0 Å². The number of carbonyl (C=O) groups is 2. The molecule has 2 amide bonds. The first-order chi connectivity index (χ1) is 17.6. The maximum absolute atomic E-state index is 13.7. The average Bonchev–Trinajstić information content (AvgIpc) is 2.90. The van der Waals surface area contributed by atoms with Gasteiger partial charge in [-0.2, -0.15) is 0 Å². The van der Waals surface area contributed by atoms with Crippen LogP contribution in [0.1, 0.15) is 39.7 Å². The SMILES string of the molecule is CC[C@@H](C)NC(=O)[C@@H](C)N(Cc1ccc(Br)cc1)C(=O)CN(c1ccc2c(c1)OCCO2)S(=O)(=O)CC. The van der Waals surface area contributed by atoms with Crippen LogP contribution in [0.4, 0.5) is 5.69 Å². The van der Waals surface area contributed by atoms with Gasteiger partial charge in [-0.15, -0.1) is 0 Å². The molecule has 2 aromatic rings. The van der Waals surface area contributed by atoms with Crippen molar-refractivity contribution in [2.75, 3.05) is 29.8 Å². The van der Waals surface area contributed by atoms with E-state index in [1.54, 1.807) is 25.1 Å². The molecule has 0 spiro atoms. The number of benzene rings is 2. The van der Waals surface area contributed by atoms with Crippen molar-refractivity contribution in [3.63, 3.8) is 0 Å². The quantitative estimate of drug-likeness (QED) is 0.424. The van der Waals surface area contributed by atoms with Crippen molar-refractivity contribution in [3.05, 3.63) is 52.5 Å². The Morgan fingerprint density at radius 2 is 1.68 bits per heavy atom. The molecule has 0 aliphatic carbocycles. The zero-order chi connectivity index (χ0) is 27.2. The summed E-state index contributed by atoms with van der Waals surface area (Å²) in [5, 5.41) is 2.92. The Morgan fingerprint density at radius 1 is 1.03 bits per heavy atom. The minimum Gasteiger partial charge on any atom is -0.486 e. The minimum atomic E-state index is -3.83. The molecule has 2 aromatic carbocycles. The molecule has 202 valence electrons. The summed E-state index contributed by atoms with van der Waals surface area (Å²) < 4.78 is 39.3. The van der Waals surface area contributed by atoms with Gasteiger partial charge in [0.1, 0.15) is 25.8 Å². The molecule has 0 unspecified atom stereocenters. The van der Waals surface area contributed by atoms with Crippen molar-refractivity contribution >= 4 is 43.5 Å². The summed E-state index contributed by atoms with van der Waals surface area (Å²) in [6.07, 6.45) is 0.742. The predicted molar refractivity (Wildman–Crippen MR) is 146 cm³/mol. The van der Waals surface area contributed by atoms with E-state index in [-0.39, 0.29) is 24.2 Å². The zero-order valence-electron chi connectivity index (χ0n) is 21.6. The van der Waals surface area contributed by atoms with Gasteiger partial charge < -0.3 is 19.7 Å². The van der Waals surface area contributed by atoms with Crippen LogP contribution in [-0.2, 0) is 26.2 Å². The summed E-state index contributed by atoms with van der Waals surface area (Å²) in [6.45, 7) is 7.45. The van der Waals surface area contributed by atoms with Gasteiger partial charge in [-0.3, -0.25) is 13.9 Å². The molecule has 1 aliphatic heterocycles. The molecule has 3 rings (SSSR count). The first kappa shape index (κ1) is 28.8. The van der Waals surface area contributed by atoms with Gasteiger partial charge in [0.05, 0.1) is 11.4 Å². The van der Waals surface area contributed by atoms with E-state index in [2.05, 4.69) is 21.2 Å². The number of fused-ring (bicyclic) bond motifs is 1. The van der Waals surface area contributed by atoms with Crippen molar-refractivity contribution < 1.29 is 27.5 Å². The molecule has 37 heavy (non-hydrogen) atoms. The number of nitrogens with one attached hydrogen (secondary N) is 1. The normalized spacial score (nSPS) is 14.4. The van der Waals surface area contributed by atoms with E-state index in [9.17, 15) is 18.0 Å². The van der Waals surface area contributed by atoms with Crippen LogP contribution in [0, 0.1) is 0 Å². The summed E-state index contributed by atoms with van der Waals surface area (Å²) in [7, 11) is -3.83. The fraction of sp³-hybridized carbons (Fsp3) is 0.462. The van der Waals surface area contributed by atoms with Crippen molar-refractivity contribution in [1.29, 1.82) is 0 Å². The number of amides is 2. The van der Waals surface area contributed by atoms with Gasteiger partial charge in [0, 0.05) is 23.1 Å². The van der Waals surface area contributed by atoms with Crippen LogP contribution in [0.15, 0.2) is 46.9 Å². The van der Waals surface area contributed by atoms with Crippen LogP contribution in [0.2, 0.25) is 0 Å². The van der Waals surface area contributed by atoms with E-state index in [0.717, 1.165) is 20.8 Å². The number of hydrogen-bond donors (Lipinski definition) is 1. The Morgan fingerprint density at radius 3 is 2.30 bits per heavy atom. The maximum Gasteiger partial charge on any atom is 0.244 e. The molecule has 0 saturated heterocycles. The number of anilines is 1. The van der Waals surface area contributed by atoms with E-state index in [4.69, 9.17) is 9.47 Å². The molecular formula is C26H34BrN3O6S. The highest BCUT2D eigenvalue weighted by Crippen LogP contribution is 2.35. The van der Waals surface area contributed by atoms with Gasteiger partial charge >= 0.3 is 0 Å². The topological polar surface area (TPSA) is 105 Å². The van der Waals surface area contributed by atoms with Crippen LogP contribution in [0.25, 0.3) is 0 Å². The predicted octanol–water partition coefficient (Wildman–Crippen LogP) is 3.71. The van der Waals surface area contributed by atoms with E-state index in [1.807, 2.05) is 38.1 Å². The maximum atomic E-state index is 13.7. The van der Waals surface area contributed by atoms with Crippen LogP contribution in [-0.4, -0.2) is 62.7 Å². The molecule has 0 bridgehead atoms. The van der Waals surface area contributed by atoms with Crippen LogP contribution >= 0.6 is 15.9 Å². The lowest BCUT2D eigenvalue weighted by Gasteiger charge is -2.32. The molecule has 1 N–H and O–H groups in total. The van der Waals surface area contributed by atoms with Crippen LogP contribution in [0.3, 0.4) is 0 Å². The largest absolute Gasteiger partial charge is 0.486 e. The lowest BCUT2D eigenvalue weighted by Crippen LogP contribution is -2.52. The smallest absolute Gasteiger partial charge is 0.244 e. The third-order valence-electron chi connectivity index (χ3n) is 6.23. The monoisotopic (exact) mass is 595 g/mol. The Labute approximate surface area is 227 Å². The molecule has 11 heteroatoms. The standard InChI is InChI=1S/C26H34BrN3O6S/c1-5-18(3)28-26(32)19(4)29(16-20-7-9-21(27)10-8-20)25(31)17-30(37(33,34)6-2)22-11-12-23-24(15-22)36-14-13-35-23/h7-12,15,18-19H,5-6,13-14,16-17H2,1-4H3,(H,28,32)/t18-,19-/m1/s1. The molecule has 9 nitrogen and oxygen atoms in total. The Balaban J connectivity index is 1.94. The lowest BCUT2D eigenvalue weighted by atomic mass is 10.1. The molecule has 1 heterocycles. The number of carbonyl (C=O) groups excluding carboxylic acids is 2. The third kappa shape index (κ3) is 7.38. The van der Waals surface area contributed by atoms with E-state index in [0.29, 0.717) is 30.4 Å². The van der Waals surface area contributed by atoms with Gasteiger partial charge in [0.15, 0.2) is 11.5 Å². The third-order valence-corrected chi connectivity index (χ3v) is 8.50. The molecule has 0 saturated carbocycles. The molecule has 2 atom stereocenters. The van der Waals surface area contributed by atoms with Crippen molar-refractivity contribution in [3.8, 4) is 11.5 Å². The zero-order valence-corrected chi connectivity index (χ0v) is 24.0. The van der Waals surface area contributed by atoms with Crippen molar-refractivity contribution in [2.45, 2.75) is 52.7 Å². The second-order valence-electron chi connectivity index (χ2n) is 8.88. The summed E-state index contributed by atoms with van der Waals surface area (Å²) in [5.74, 6) is -0.0700. The second-order valence-corrected chi connectivity index (χ2v) is 12.0. The van der Waals surface area contributed by atoms with Gasteiger partial charge in [-0.25, -0.2) is 8.42 Å². The second kappa shape index (κ2) is 12.6. The Bertz CT molecular complexity index is 1210. The highest BCUT2D eigenvalue weighted by Gasteiger charge is 2.32. The molecular weight excluding hydrogens is 562 g/mol. The van der Waals surface area contributed by atoms with E-state index in [1.165, 1.54) is 11.8 Å². The molecule has 0 fully saturated rings. The van der Waals surface area contributed by atoms with E-state index >= 15 is 0 Å². The first-order valence-corrected chi connectivity index (χ1v) is 14.7. The summed E-state index contributed by atoms with van der Waals surface area (Å²) in [6, 6.07) is 11.3. The number of halogens is 1. The summed E-state index contributed by atoms with van der Waals surface area (Å²) >= 11 is 3.41. The fourth-order valence-electron chi connectivity index (χ4n) is 3.74. The highest BCUT2D eigenvalue weighted by molar-refractivity contribution is 9.10. The minimum absolute atomic E-state index is 0.0609. The Hall–Kier alpha value is -2.79. The summed E-state index contributed by atoms with van der Waals surface area (Å²) in [4.78, 5) is 28.1. The molecule has 0 aromatic heterocycles. The molecule has 1 aliphatic rings. The first-order valence-electron chi connectivity index (χ1n) is 12.3. The number of hydrogen-bond acceptors (Lipinski definition) is 6. The van der Waals surface area contributed by atoms with Gasteiger partial charge in [0.2, 0.25) is 21.8 Å². The average molecular weight is 597 g/mol. The summed E-state index contributed by atoms with van der Waals surface area (Å²) in [5.41, 5.74) is 1.10. The van der Waals surface area contributed by atoms with Gasteiger partial charge in [0.25, 0.3) is 0 Å².